The Hall–Kier alpha value is -6.40. The van der Waals surface area contributed by atoms with Crippen LogP contribution in [0.25, 0.3) is 60.8 Å². The topological polar surface area (TPSA) is 56.3 Å². The van der Waals surface area contributed by atoms with Gasteiger partial charge >= 0.3 is 0 Å². The van der Waals surface area contributed by atoms with E-state index in [2.05, 4.69) is 81.2 Å². The molecule has 6 aromatic carbocycles. The Balaban J connectivity index is 1.27. The highest BCUT2D eigenvalue weighted by Gasteiger charge is 2.26. The van der Waals surface area contributed by atoms with Crippen LogP contribution in [0.2, 0.25) is 0 Å². The highest BCUT2D eigenvalue weighted by atomic mass is 16.5. The minimum Gasteiger partial charge on any atom is -0.456 e. The zero-order chi connectivity index (χ0) is 30.2. The van der Waals surface area contributed by atoms with Crippen molar-refractivity contribution in [2.45, 2.75) is 0 Å². The van der Waals surface area contributed by atoms with Crippen molar-refractivity contribution in [3.05, 3.63) is 146 Å². The molecule has 0 saturated heterocycles. The van der Waals surface area contributed by atoms with E-state index in [1.54, 1.807) is 0 Å². The number of rotatable bonds is 3. The summed E-state index contributed by atoms with van der Waals surface area (Å²) in [5.74, 6) is 2.39. The van der Waals surface area contributed by atoms with Crippen LogP contribution in [-0.4, -0.2) is 14.5 Å². The molecule has 3 aromatic heterocycles. The van der Waals surface area contributed by atoms with E-state index in [1.165, 1.54) is 0 Å². The van der Waals surface area contributed by atoms with Crippen molar-refractivity contribution in [1.82, 2.24) is 14.5 Å². The molecule has 1 aliphatic heterocycles. The van der Waals surface area contributed by atoms with Gasteiger partial charge in [0.2, 0.25) is 0 Å². The van der Waals surface area contributed by atoms with E-state index in [0.29, 0.717) is 0 Å². The fraction of sp³-hybridized carbons (Fsp3) is 0. The number of furan rings is 1. The SMILES string of the molecule is c1ccc(-c2cncc(-n3c4ccc(N5c6ccccc6Oc6ccccc65)cc4c4cc5c(cc43)oc3ccccc35)n2)cc1. The fourth-order valence-corrected chi connectivity index (χ4v) is 6.81. The van der Waals surface area contributed by atoms with Gasteiger partial charge in [0.05, 0.1) is 40.5 Å². The smallest absolute Gasteiger partial charge is 0.156 e. The molecule has 6 heteroatoms. The van der Waals surface area contributed by atoms with E-state index >= 15 is 0 Å². The molecule has 0 N–H and O–H groups in total. The molecule has 0 saturated carbocycles. The van der Waals surface area contributed by atoms with E-state index in [9.17, 15) is 0 Å². The van der Waals surface area contributed by atoms with Gasteiger partial charge in [-0.25, -0.2) is 4.98 Å². The number of nitrogens with zero attached hydrogens (tertiary/aromatic N) is 4. The first-order chi connectivity index (χ1) is 22.8. The molecule has 0 spiro atoms. The molecule has 0 radical (unpaired) electrons. The number of fused-ring (bicyclic) bond motifs is 8. The third-order valence-electron chi connectivity index (χ3n) is 8.86. The van der Waals surface area contributed by atoms with E-state index in [0.717, 1.165) is 89.4 Å². The van der Waals surface area contributed by atoms with Crippen molar-refractivity contribution in [3.63, 3.8) is 0 Å². The Labute approximate surface area is 263 Å². The third-order valence-corrected chi connectivity index (χ3v) is 8.86. The largest absolute Gasteiger partial charge is 0.456 e. The minimum absolute atomic E-state index is 0.742. The average Bonchev–Trinajstić information content (AvgIpc) is 3.64. The van der Waals surface area contributed by atoms with Crippen molar-refractivity contribution < 1.29 is 9.15 Å². The molecule has 0 atom stereocenters. The highest BCUT2D eigenvalue weighted by molar-refractivity contribution is 6.18. The first kappa shape index (κ1) is 25.0. The second-order valence-electron chi connectivity index (χ2n) is 11.5. The quantitative estimate of drug-likeness (QED) is 0.204. The van der Waals surface area contributed by atoms with Gasteiger partial charge in [0.1, 0.15) is 11.2 Å². The van der Waals surface area contributed by atoms with E-state index < -0.39 is 0 Å². The van der Waals surface area contributed by atoms with Gasteiger partial charge in [-0.05, 0) is 54.6 Å². The van der Waals surface area contributed by atoms with E-state index in [-0.39, 0.29) is 0 Å². The molecular weight excluding hydrogens is 568 g/mol. The lowest BCUT2D eigenvalue weighted by Crippen LogP contribution is -2.15. The first-order valence-corrected chi connectivity index (χ1v) is 15.2. The molecule has 6 nitrogen and oxygen atoms in total. The molecule has 0 bridgehead atoms. The number of para-hydroxylation sites is 5. The Kier molecular flexibility index (Phi) is 5.19. The van der Waals surface area contributed by atoms with Crippen LogP contribution < -0.4 is 9.64 Å². The lowest BCUT2D eigenvalue weighted by molar-refractivity contribution is 0.477. The highest BCUT2D eigenvalue weighted by Crippen LogP contribution is 2.51. The van der Waals surface area contributed by atoms with Gasteiger partial charge < -0.3 is 14.1 Å². The predicted molar refractivity (Wildman–Crippen MR) is 184 cm³/mol. The lowest BCUT2D eigenvalue weighted by atomic mass is 10.1. The van der Waals surface area contributed by atoms with Gasteiger partial charge in [-0.2, -0.15) is 0 Å². The monoisotopic (exact) mass is 592 g/mol. The number of ether oxygens (including phenoxy) is 1. The summed E-state index contributed by atoms with van der Waals surface area (Å²) in [6.07, 6.45) is 3.64. The van der Waals surface area contributed by atoms with Crippen LogP contribution in [-0.2, 0) is 0 Å². The molecule has 0 amide bonds. The molecule has 4 heterocycles. The Morgan fingerprint density at radius 1 is 0.522 bits per heavy atom. The van der Waals surface area contributed by atoms with Crippen molar-refractivity contribution in [3.8, 4) is 28.6 Å². The Bertz CT molecular complexity index is 2590. The fourth-order valence-electron chi connectivity index (χ4n) is 6.81. The molecule has 216 valence electrons. The first-order valence-electron chi connectivity index (χ1n) is 15.2. The molecule has 10 rings (SSSR count). The summed E-state index contributed by atoms with van der Waals surface area (Å²) in [5, 5.41) is 4.39. The molecule has 46 heavy (non-hydrogen) atoms. The number of hydrogen-bond acceptors (Lipinski definition) is 5. The van der Waals surface area contributed by atoms with Gasteiger partial charge in [0.15, 0.2) is 17.3 Å². The molecule has 9 aromatic rings. The van der Waals surface area contributed by atoms with Crippen LogP contribution in [0, 0.1) is 0 Å². The summed E-state index contributed by atoms with van der Waals surface area (Å²) >= 11 is 0. The normalized spacial score (nSPS) is 12.5. The van der Waals surface area contributed by atoms with Gasteiger partial charge in [-0.15, -0.1) is 0 Å². The van der Waals surface area contributed by atoms with Crippen LogP contribution in [0.3, 0.4) is 0 Å². The third kappa shape index (κ3) is 3.64. The summed E-state index contributed by atoms with van der Waals surface area (Å²) in [6, 6.07) is 45.7. The maximum atomic E-state index is 6.37. The number of hydrogen-bond donors (Lipinski definition) is 0. The zero-order valence-corrected chi connectivity index (χ0v) is 24.5. The Morgan fingerprint density at radius 2 is 1.24 bits per heavy atom. The lowest BCUT2D eigenvalue weighted by Gasteiger charge is -2.32. The van der Waals surface area contributed by atoms with Crippen molar-refractivity contribution in [2.75, 3.05) is 4.90 Å². The minimum atomic E-state index is 0.742. The Morgan fingerprint density at radius 3 is 2.07 bits per heavy atom. The van der Waals surface area contributed by atoms with E-state index in [1.807, 2.05) is 79.1 Å². The van der Waals surface area contributed by atoms with E-state index in [4.69, 9.17) is 14.1 Å². The van der Waals surface area contributed by atoms with Crippen LogP contribution >= 0.6 is 0 Å². The van der Waals surface area contributed by atoms with Gasteiger partial charge in [0.25, 0.3) is 0 Å². The average molecular weight is 593 g/mol. The molecule has 0 fully saturated rings. The zero-order valence-electron chi connectivity index (χ0n) is 24.5. The maximum absolute atomic E-state index is 6.37. The van der Waals surface area contributed by atoms with Gasteiger partial charge in [-0.3, -0.25) is 9.55 Å². The van der Waals surface area contributed by atoms with Crippen molar-refractivity contribution >= 4 is 60.8 Å². The van der Waals surface area contributed by atoms with Gasteiger partial charge in [-0.1, -0.05) is 72.8 Å². The molecule has 1 aliphatic rings. The van der Waals surface area contributed by atoms with Gasteiger partial charge in [0, 0.05) is 38.9 Å². The second-order valence-corrected chi connectivity index (χ2v) is 11.5. The summed E-state index contributed by atoms with van der Waals surface area (Å²) in [6.45, 7) is 0. The van der Waals surface area contributed by atoms with Crippen LogP contribution in [0.4, 0.5) is 17.1 Å². The second kappa shape index (κ2) is 9.55. The van der Waals surface area contributed by atoms with Crippen molar-refractivity contribution in [1.29, 1.82) is 0 Å². The number of anilines is 3. The predicted octanol–water partition coefficient (Wildman–Crippen LogP) is 10.7. The van der Waals surface area contributed by atoms with Crippen molar-refractivity contribution in [2.24, 2.45) is 0 Å². The van der Waals surface area contributed by atoms with Crippen LogP contribution in [0.5, 0.6) is 11.5 Å². The van der Waals surface area contributed by atoms with Crippen LogP contribution in [0.15, 0.2) is 150 Å². The molecule has 0 unspecified atom stereocenters. The summed E-state index contributed by atoms with van der Waals surface area (Å²) in [7, 11) is 0. The maximum Gasteiger partial charge on any atom is 0.156 e. The van der Waals surface area contributed by atoms with Crippen LogP contribution in [0.1, 0.15) is 0 Å². The number of aromatic nitrogens is 3. The summed E-state index contributed by atoms with van der Waals surface area (Å²) in [5.41, 5.74) is 8.60. The molecular formula is C40H24N4O2. The summed E-state index contributed by atoms with van der Waals surface area (Å²) < 4.78 is 14.9. The summed E-state index contributed by atoms with van der Waals surface area (Å²) in [4.78, 5) is 12.0. The standard InChI is InChI=1S/C40H24N4O2/c1-2-10-25(11-3-1)31-23-41-24-40(42-31)44-32-19-18-26(43-33-13-5-8-16-37(33)46-38-17-9-6-14-34(38)43)20-28(32)29-21-30-27-12-4-7-15-36(27)45-39(30)22-35(29)44/h1-24H. The number of benzene rings is 6. The molecule has 0 aliphatic carbocycles.